The largest absolute Gasteiger partial charge is 0.344 e. The van der Waals surface area contributed by atoms with Crippen LogP contribution in [0.4, 0.5) is 10.1 Å². The molecule has 1 aliphatic rings. The Morgan fingerprint density at radius 2 is 1.83 bits per heavy atom. The molecular formula is C23H20FN3O2S. The number of nitrogens with zero attached hydrogens (tertiary/aromatic N) is 2. The monoisotopic (exact) mass is 421 g/mol. The highest BCUT2D eigenvalue weighted by molar-refractivity contribution is 7.80. The van der Waals surface area contributed by atoms with Gasteiger partial charge in [0.2, 0.25) is 0 Å². The molecule has 0 radical (unpaired) electrons. The number of halogens is 1. The highest BCUT2D eigenvalue weighted by Gasteiger charge is 2.34. The van der Waals surface area contributed by atoms with E-state index in [1.54, 1.807) is 6.08 Å². The van der Waals surface area contributed by atoms with Gasteiger partial charge in [0, 0.05) is 28.7 Å². The number of hydrogen-bond acceptors (Lipinski definition) is 3. The number of nitrogens with one attached hydrogen (secondary N) is 1. The van der Waals surface area contributed by atoms with Crippen LogP contribution in [-0.4, -0.2) is 21.5 Å². The summed E-state index contributed by atoms with van der Waals surface area (Å²) in [7, 11) is 0. The van der Waals surface area contributed by atoms with Crippen LogP contribution >= 0.6 is 12.2 Å². The first kappa shape index (κ1) is 20.0. The van der Waals surface area contributed by atoms with Gasteiger partial charge in [-0.1, -0.05) is 25.1 Å². The van der Waals surface area contributed by atoms with Crippen LogP contribution in [0.1, 0.15) is 31.9 Å². The molecule has 0 unspecified atom stereocenters. The fraction of sp³-hybridized carbons (Fsp3) is 0.174. The quantitative estimate of drug-likeness (QED) is 0.381. The highest BCUT2D eigenvalue weighted by Crippen LogP contribution is 2.29. The van der Waals surface area contributed by atoms with Gasteiger partial charge in [-0.2, -0.15) is 0 Å². The van der Waals surface area contributed by atoms with E-state index in [1.165, 1.54) is 29.2 Å². The lowest BCUT2D eigenvalue weighted by Gasteiger charge is -2.28. The summed E-state index contributed by atoms with van der Waals surface area (Å²) in [5, 5.41) is 3.48. The predicted molar refractivity (Wildman–Crippen MR) is 120 cm³/mol. The molecule has 4 rings (SSSR count). The van der Waals surface area contributed by atoms with E-state index in [4.69, 9.17) is 12.2 Å². The first-order valence-corrected chi connectivity index (χ1v) is 10.1. The van der Waals surface area contributed by atoms with Crippen molar-refractivity contribution in [2.75, 3.05) is 4.90 Å². The zero-order valence-electron chi connectivity index (χ0n) is 16.6. The van der Waals surface area contributed by atoms with Crippen molar-refractivity contribution in [1.29, 1.82) is 0 Å². The average molecular weight is 421 g/mol. The molecule has 5 nitrogen and oxygen atoms in total. The zero-order valence-corrected chi connectivity index (χ0v) is 17.4. The molecule has 1 aliphatic heterocycles. The van der Waals surface area contributed by atoms with Crippen molar-refractivity contribution in [3.63, 3.8) is 0 Å². The molecule has 30 heavy (non-hydrogen) atoms. The topological polar surface area (TPSA) is 54.3 Å². The molecule has 0 bridgehead atoms. The van der Waals surface area contributed by atoms with Crippen LogP contribution in [-0.2, 0) is 9.59 Å². The molecule has 7 heteroatoms. The molecular weight excluding hydrogens is 401 g/mol. The van der Waals surface area contributed by atoms with Gasteiger partial charge in [0.1, 0.15) is 11.4 Å². The van der Waals surface area contributed by atoms with Crippen LogP contribution < -0.4 is 10.2 Å². The van der Waals surface area contributed by atoms with Crippen LogP contribution in [0.5, 0.6) is 0 Å². The normalized spacial score (nSPS) is 17.0. The SMILES string of the molecule is CC[C@@H](C)n1cc(/C=C2/C(=O)NC(=S)N(c3ccc(F)cc3)C2=O)c2ccccc21. The van der Waals surface area contributed by atoms with Gasteiger partial charge in [0.05, 0.1) is 5.69 Å². The molecule has 1 fully saturated rings. The minimum absolute atomic E-state index is 0.0278. The molecule has 1 atom stereocenters. The standard InChI is InChI=1S/C23H20FN3O2S/c1-3-14(2)26-13-15(18-6-4-5-7-20(18)26)12-19-21(28)25-23(30)27(22(19)29)17-10-8-16(24)9-11-17/h4-14H,3H2,1-2H3,(H,25,28,30)/b19-12-/t14-/m1/s1. The van der Waals surface area contributed by atoms with Crippen LogP contribution in [0.2, 0.25) is 0 Å². The Kier molecular flexibility index (Phi) is 5.22. The Labute approximate surface area is 178 Å². The average Bonchev–Trinajstić information content (AvgIpc) is 3.10. The number of carbonyl (C=O) groups excluding carboxylic acids is 2. The second-order valence-electron chi connectivity index (χ2n) is 7.20. The van der Waals surface area contributed by atoms with Crippen molar-refractivity contribution in [3.8, 4) is 0 Å². The van der Waals surface area contributed by atoms with Gasteiger partial charge in [0.25, 0.3) is 11.8 Å². The summed E-state index contributed by atoms with van der Waals surface area (Å²) in [6, 6.07) is 13.5. The smallest absolute Gasteiger partial charge is 0.270 e. The Bertz CT molecular complexity index is 1200. The first-order chi connectivity index (χ1) is 14.4. The Morgan fingerprint density at radius 3 is 2.53 bits per heavy atom. The number of anilines is 1. The minimum atomic E-state index is -0.552. The Hall–Kier alpha value is -3.32. The number of para-hydroxylation sites is 1. The van der Waals surface area contributed by atoms with E-state index in [0.717, 1.165) is 22.9 Å². The van der Waals surface area contributed by atoms with Gasteiger partial charge in [-0.25, -0.2) is 4.39 Å². The molecule has 1 aromatic heterocycles. The third kappa shape index (κ3) is 3.41. The summed E-state index contributed by atoms with van der Waals surface area (Å²) >= 11 is 5.19. The number of carbonyl (C=O) groups is 2. The van der Waals surface area contributed by atoms with Crippen LogP contribution in [0, 0.1) is 5.82 Å². The van der Waals surface area contributed by atoms with E-state index in [0.29, 0.717) is 5.69 Å². The maximum Gasteiger partial charge on any atom is 0.270 e. The molecule has 1 N–H and O–H groups in total. The number of thiocarbonyl (C=S) groups is 1. The highest BCUT2D eigenvalue weighted by atomic mass is 32.1. The van der Waals surface area contributed by atoms with E-state index >= 15 is 0 Å². The van der Waals surface area contributed by atoms with Gasteiger partial charge in [0.15, 0.2) is 5.11 Å². The molecule has 2 amide bonds. The number of rotatable bonds is 4. The maximum absolute atomic E-state index is 13.3. The van der Waals surface area contributed by atoms with Crippen molar-refractivity contribution in [3.05, 3.63) is 71.7 Å². The molecule has 3 aromatic rings. The lowest BCUT2D eigenvalue weighted by atomic mass is 10.1. The molecule has 2 aromatic carbocycles. The van der Waals surface area contributed by atoms with Gasteiger partial charge in [-0.3, -0.25) is 19.8 Å². The van der Waals surface area contributed by atoms with Crippen LogP contribution in [0.15, 0.2) is 60.3 Å². The summed E-state index contributed by atoms with van der Waals surface area (Å²) < 4.78 is 15.4. The van der Waals surface area contributed by atoms with Gasteiger partial charge >= 0.3 is 0 Å². The third-order valence-corrected chi connectivity index (χ3v) is 5.61. The van der Waals surface area contributed by atoms with E-state index < -0.39 is 17.6 Å². The second kappa shape index (κ2) is 7.84. The number of benzene rings is 2. The van der Waals surface area contributed by atoms with Crippen molar-refractivity contribution >= 4 is 51.8 Å². The molecule has 0 spiro atoms. The summed E-state index contributed by atoms with van der Waals surface area (Å²) in [4.78, 5) is 27.0. The van der Waals surface area contributed by atoms with E-state index in [9.17, 15) is 14.0 Å². The Balaban J connectivity index is 1.81. The predicted octanol–water partition coefficient (Wildman–Crippen LogP) is 4.58. The van der Waals surface area contributed by atoms with E-state index in [2.05, 4.69) is 23.7 Å². The zero-order chi connectivity index (χ0) is 21.4. The van der Waals surface area contributed by atoms with Gasteiger partial charge in [-0.15, -0.1) is 0 Å². The van der Waals surface area contributed by atoms with Gasteiger partial charge in [-0.05, 0) is 62.0 Å². The number of fused-ring (bicyclic) bond motifs is 1. The molecule has 1 saturated heterocycles. The lowest BCUT2D eigenvalue weighted by Crippen LogP contribution is -2.54. The fourth-order valence-corrected chi connectivity index (χ4v) is 3.83. The third-order valence-electron chi connectivity index (χ3n) is 5.32. The fourth-order valence-electron chi connectivity index (χ4n) is 3.55. The number of aromatic nitrogens is 1. The summed E-state index contributed by atoms with van der Waals surface area (Å²) in [6.45, 7) is 4.23. The Morgan fingerprint density at radius 1 is 1.13 bits per heavy atom. The maximum atomic E-state index is 13.3. The van der Waals surface area contributed by atoms with Crippen LogP contribution in [0.3, 0.4) is 0 Å². The van der Waals surface area contributed by atoms with E-state index in [-0.39, 0.29) is 16.7 Å². The lowest BCUT2D eigenvalue weighted by molar-refractivity contribution is -0.122. The number of amides is 2. The molecule has 2 heterocycles. The first-order valence-electron chi connectivity index (χ1n) is 9.67. The minimum Gasteiger partial charge on any atom is -0.344 e. The molecule has 0 aliphatic carbocycles. The van der Waals surface area contributed by atoms with Crippen molar-refractivity contribution in [2.24, 2.45) is 0 Å². The van der Waals surface area contributed by atoms with Crippen LogP contribution in [0.25, 0.3) is 17.0 Å². The number of hydrogen-bond donors (Lipinski definition) is 1. The van der Waals surface area contributed by atoms with Crippen molar-refractivity contribution < 1.29 is 14.0 Å². The summed E-state index contributed by atoms with van der Waals surface area (Å²) in [6.07, 6.45) is 4.50. The molecule has 152 valence electrons. The van der Waals surface area contributed by atoms with Gasteiger partial charge < -0.3 is 4.57 Å². The second-order valence-corrected chi connectivity index (χ2v) is 7.59. The van der Waals surface area contributed by atoms with Crippen molar-refractivity contribution in [2.45, 2.75) is 26.3 Å². The molecule has 0 saturated carbocycles. The van der Waals surface area contributed by atoms with Crippen molar-refractivity contribution in [1.82, 2.24) is 9.88 Å². The summed E-state index contributed by atoms with van der Waals surface area (Å²) in [5.41, 5.74) is 2.17. The summed E-state index contributed by atoms with van der Waals surface area (Å²) in [5.74, 6) is -1.52. The van der Waals surface area contributed by atoms with E-state index in [1.807, 2.05) is 30.5 Å².